The quantitative estimate of drug-likeness (QED) is 0.893. The van der Waals surface area contributed by atoms with Gasteiger partial charge in [-0.05, 0) is 56.2 Å². The molecule has 2 aliphatic rings. The predicted molar refractivity (Wildman–Crippen MR) is 107 cm³/mol. The van der Waals surface area contributed by atoms with E-state index < -0.39 is 5.66 Å². The monoisotopic (exact) mass is 377 g/mol. The fourth-order valence-electron chi connectivity index (χ4n) is 4.48. The Labute approximate surface area is 164 Å². The molecule has 0 aliphatic carbocycles. The molecule has 2 heterocycles. The molecule has 28 heavy (non-hydrogen) atoms. The summed E-state index contributed by atoms with van der Waals surface area (Å²) in [6.07, 6.45) is 0.495. The standard InChI is InChI=1S/C22H23N3O3/c1-4-24-20(27)17-7-5-6-8-18(17)25-19(26)9-10-22(24,25)21(28)23-16-12-14(2)11-15(3)13-16/h5-8,11-13H,4,9-10H2,1-3H3,(H,23,28)/t22-/m1/s1. The van der Waals surface area contributed by atoms with Gasteiger partial charge in [0, 0.05) is 25.1 Å². The minimum absolute atomic E-state index is 0.144. The van der Waals surface area contributed by atoms with E-state index in [2.05, 4.69) is 5.32 Å². The summed E-state index contributed by atoms with van der Waals surface area (Å²) >= 11 is 0. The van der Waals surface area contributed by atoms with Crippen molar-refractivity contribution in [1.29, 1.82) is 0 Å². The van der Waals surface area contributed by atoms with Crippen LogP contribution in [0, 0.1) is 13.8 Å². The van der Waals surface area contributed by atoms with E-state index in [-0.39, 0.29) is 30.6 Å². The van der Waals surface area contributed by atoms with Crippen LogP contribution in [0.15, 0.2) is 42.5 Å². The maximum atomic E-state index is 13.6. The van der Waals surface area contributed by atoms with Crippen molar-refractivity contribution in [3.8, 4) is 0 Å². The first-order valence-electron chi connectivity index (χ1n) is 9.52. The van der Waals surface area contributed by atoms with Gasteiger partial charge in [-0.3, -0.25) is 19.3 Å². The summed E-state index contributed by atoms with van der Waals surface area (Å²) in [4.78, 5) is 42.6. The maximum absolute atomic E-state index is 13.6. The van der Waals surface area contributed by atoms with Crippen molar-refractivity contribution in [3.05, 3.63) is 59.2 Å². The van der Waals surface area contributed by atoms with Crippen LogP contribution in [0.25, 0.3) is 0 Å². The Kier molecular flexibility index (Phi) is 4.22. The summed E-state index contributed by atoms with van der Waals surface area (Å²) in [7, 11) is 0. The third-order valence-electron chi connectivity index (χ3n) is 5.53. The van der Waals surface area contributed by atoms with Crippen molar-refractivity contribution >= 4 is 29.1 Å². The Morgan fingerprint density at radius 2 is 1.79 bits per heavy atom. The van der Waals surface area contributed by atoms with Gasteiger partial charge in [0.15, 0.2) is 0 Å². The smallest absolute Gasteiger partial charge is 0.271 e. The molecule has 0 unspecified atom stereocenters. The molecule has 0 saturated carbocycles. The molecule has 1 saturated heterocycles. The summed E-state index contributed by atoms with van der Waals surface area (Å²) in [5.41, 5.74) is 2.35. The van der Waals surface area contributed by atoms with E-state index in [4.69, 9.17) is 0 Å². The number of hydrogen-bond acceptors (Lipinski definition) is 3. The van der Waals surface area contributed by atoms with Crippen molar-refractivity contribution in [2.45, 2.75) is 39.3 Å². The number of rotatable bonds is 3. The number of para-hydroxylation sites is 1. The van der Waals surface area contributed by atoms with E-state index in [1.807, 2.05) is 39.0 Å². The van der Waals surface area contributed by atoms with Gasteiger partial charge in [0.2, 0.25) is 11.6 Å². The number of fused-ring (bicyclic) bond motifs is 3. The van der Waals surface area contributed by atoms with Crippen LogP contribution in [0.4, 0.5) is 11.4 Å². The first-order valence-corrected chi connectivity index (χ1v) is 9.52. The van der Waals surface area contributed by atoms with E-state index in [1.165, 1.54) is 9.80 Å². The molecule has 1 fully saturated rings. The molecule has 144 valence electrons. The lowest BCUT2D eigenvalue weighted by atomic mass is 9.95. The number of anilines is 2. The van der Waals surface area contributed by atoms with Crippen molar-refractivity contribution in [1.82, 2.24) is 4.90 Å². The van der Waals surface area contributed by atoms with Crippen LogP contribution in [0.2, 0.25) is 0 Å². The zero-order valence-corrected chi connectivity index (χ0v) is 16.3. The van der Waals surface area contributed by atoms with Gasteiger partial charge in [-0.2, -0.15) is 0 Å². The van der Waals surface area contributed by atoms with Gasteiger partial charge < -0.3 is 10.2 Å². The third kappa shape index (κ3) is 2.52. The van der Waals surface area contributed by atoms with Crippen molar-refractivity contribution < 1.29 is 14.4 Å². The van der Waals surface area contributed by atoms with Crippen molar-refractivity contribution in [2.24, 2.45) is 0 Å². The van der Waals surface area contributed by atoms with E-state index in [9.17, 15) is 14.4 Å². The van der Waals surface area contributed by atoms with Gasteiger partial charge in [0.1, 0.15) is 0 Å². The maximum Gasteiger partial charge on any atom is 0.271 e. The molecule has 0 bridgehead atoms. The first kappa shape index (κ1) is 18.2. The molecule has 1 N–H and O–H groups in total. The van der Waals surface area contributed by atoms with Gasteiger partial charge >= 0.3 is 0 Å². The van der Waals surface area contributed by atoms with E-state index in [0.29, 0.717) is 23.5 Å². The number of benzene rings is 2. The topological polar surface area (TPSA) is 69.7 Å². The number of nitrogens with one attached hydrogen (secondary N) is 1. The lowest BCUT2D eigenvalue weighted by molar-refractivity contribution is -0.128. The molecule has 3 amide bonds. The normalized spacial score (nSPS) is 20.8. The number of likely N-dealkylation sites (N-methyl/N-ethyl adjacent to an activating group) is 1. The second-order valence-electron chi connectivity index (χ2n) is 7.44. The molecular weight excluding hydrogens is 354 g/mol. The zero-order chi connectivity index (χ0) is 20.1. The minimum atomic E-state index is -1.34. The molecular formula is C22H23N3O3. The summed E-state index contributed by atoms with van der Waals surface area (Å²) in [6, 6.07) is 12.8. The van der Waals surface area contributed by atoms with Gasteiger partial charge in [0.05, 0.1) is 11.3 Å². The highest BCUT2D eigenvalue weighted by molar-refractivity contribution is 6.18. The van der Waals surface area contributed by atoms with Gasteiger partial charge in [-0.25, -0.2) is 0 Å². The Morgan fingerprint density at radius 1 is 1.11 bits per heavy atom. The number of aryl methyl sites for hydroxylation is 2. The van der Waals surface area contributed by atoms with Crippen LogP contribution in [-0.2, 0) is 9.59 Å². The highest BCUT2D eigenvalue weighted by atomic mass is 16.2. The van der Waals surface area contributed by atoms with Crippen LogP contribution >= 0.6 is 0 Å². The Bertz CT molecular complexity index is 980. The van der Waals surface area contributed by atoms with E-state index in [1.54, 1.807) is 24.3 Å². The Balaban J connectivity index is 1.83. The van der Waals surface area contributed by atoms with E-state index >= 15 is 0 Å². The SMILES string of the molecule is CCN1C(=O)c2ccccc2N2C(=O)CC[C@@]12C(=O)Nc1cc(C)cc(C)c1. The van der Waals surface area contributed by atoms with Crippen molar-refractivity contribution in [3.63, 3.8) is 0 Å². The second-order valence-corrected chi connectivity index (χ2v) is 7.44. The molecule has 6 heteroatoms. The lowest BCUT2D eigenvalue weighted by Gasteiger charge is -2.48. The molecule has 2 aromatic rings. The first-order chi connectivity index (χ1) is 13.4. The van der Waals surface area contributed by atoms with Crippen LogP contribution < -0.4 is 10.2 Å². The molecule has 0 aromatic heterocycles. The van der Waals surface area contributed by atoms with E-state index in [0.717, 1.165) is 11.1 Å². The average molecular weight is 377 g/mol. The summed E-state index contributed by atoms with van der Waals surface area (Å²) in [5, 5.41) is 2.96. The molecule has 2 aliphatic heterocycles. The second kappa shape index (κ2) is 6.48. The fourth-order valence-corrected chi connectivity index (χ4v) is 4.48. The third-order valence-corrected chi connectivity index (χ3v) is 5.53. The highest BCUT2D eigenvalue weighted by Crippen LogP contribution is 2.44. The summed E-state index contributed by atoms with van der Waals surface area (Å²) in [5.74, 6) is -0.721. The largest absolute Gasteiger partial charge is 0.322 e. The molecule has 2 aromatic carbocycles. The number of carbonyl (C=O) groups excluding carboxylic acids is 3. The van der Waals surface area contributed by atoms with Crippen molar-refractivity contribution in [2.75, 3.05) is 16.8 Å². The molecule has 4 rings (SSSR count). The summed E-state index contributed by atoms with van der Waals surface area (Å²) < 4.78 is 0. The molecule has 1 atom stereocenters. The lowest BCUT2D eigenvalue weighted by Crippen LogP contribution is -2.69. The number of carbonyl (C=O) groups is 3. The van der Waals surface area contributed by atoms with Crippen LogP contribution in [0.1, 0.15) is 41.3 Å². The van der Waals surface area contributed by atoms with Gasteiger partial charge in [0.25, 0.3) is 11.8 Å². The average Bonchev–Trinajstić information content (AvgIpc) is 3.00. The summed E-state index contributed by atoms with van der Waals surface area (Å²) in [6.45, 7) is 6.09. The fraction of sp³-hybridized carbons (Fsp3) is 0.318. The Hall–Kier alpha value is -3.15. The number of hydrogen-bond donors (Lipinski definition) is 1. The van der Waals surface area contributed by atoms with Gasteiger partial charge in [-0.15, -0.1) is 0 Å². The number of nitrogens with zero attached hydrogens (tertiary/aromatic N) is 2. The van der Waals surface area contributed by atoms with Gasteiger partial charge in [-0.1, -0.05) is 18.2 Å². The zero-order valence-electron chi connectivity index (χ0n) is 16.3. The Morgan fingerprint density at radius 3 is 2.46 bits per heavy atom. The van der Waals surface area contributed by atoms with Crippen LogP contribution in [-0.4, -0.2) is 34.8 Å². The molecule has 6 nitrogen and oxygen atoms in total. The number of amides is 3. The minimum Gasteiger partial charge on any atom is -0.322 e. The highest BCUT2D eigenvalue weighted by Gasteiger charge is 2.60. The van der Waals surface area contributed by atoms with Crippen LogP contribution in [0.3, 0.4) is 0 Å². The predicted octanol–water partition coefficient (Wildman–Crippen LogP) is 3.24. The van der Waals surface area contributed by atoms with Crippen LogP contribution in [0.5, 0.6) is 0 Å². The molecule has 0 radical (unpaired) electrons. The molecule has 0 spiro atoms.